The molecule has 1 unspecified atom stereocenters. The summed E-state index contributed by atoms with van der Waals surface area (Å²) in [6.45, 7) is -0.294. The molecule has 2 aliphatic carbocycles. The summed E-state index contributed by atoms with van der Waals surface area (Å²) in [6, 6.07) is 6.74. The molecule has 0 spiro atoms. The van der Waals surface area contributed by atoms with Crippen molar-refractivity contribution in [2.45, 2.75) is 59.6 Å². The number of hydrogen-bond donors (Lipinski definition) is 1. The molecule has 13 heteroatoms. The van der Waals surface area contributed by atoms with Gasteiger partial charge in [-0.3, -0.25) is 14.6 Å². The van der Waals surface area contributed by atoms with E-state index in [4.69, 9.17) is 11.6 Å². The molecule has 9 nitrogen and oxygen atoms in total. The fourth-order valence-corrected chi connectivity index (χ4v) is 7.99. The average molecular weight is 568 g/mol. The van der Waals surface area contributed by atoms with Crippen molar-refractivity contribution in [2.75, 3.05) is 26.7 Å². The Morgan fingerprint density at radius 3 is 2.47 bits per heavy atom. The summed E-state index contributed by atoms with van der Waals surface area (Å²) < 4.78 is 55.1. The van der Waals surface area contributed by atoms with Crippen LogP contribution in [0.15, 0.2) is 28.2 Å². The summed E-state index contributed by atoms with van der Waals surface area (Å²) in [5, 5.41) is 16.9. The molecule has 38 heavy (non-hydrogen) atoms. The van der Waals surface area contributed by atoms with E-state index in [2.05, 4.69) is 10.4 Å². The van der Waals surface area contributed by atoms with Gasteiger partial charge in [0.05, 0.1) is 39.6 Å². The van der Waals surface area contributed by atoms with Gasteiger partial charge in [0.25, 0.3) is 5.92 Å². The molecule has 0 bridgehead atoms. The van der Waals surface area contributed by atoms with E-state index >= 15 is 0 Å². The first-order chi connectivity index (χ1) is 17.8. The summed E-state index contributed by atoms with van der Waals surface area (Å²) in [6.07, 6.45) is 1.83. The van der Waals surface area contributed by atoms with E-state index in [1.54, 1.807) is 23.4 Å². The number of rotatable bonds is 6. The van der Waals surface area contributed by atoms with Crippen LogP contribution in [0.4, 0.5) is 8.78 Å². The molecule has 204 valence electrons. The van der Waals surface area contributed by atoms with Crippen molar-refractivity contribution in [2.24, 2.45) is 16.9 Å². The number of likely N-dealkylation sites (N-methyl/N-ethyl adjacent to an activating group) is 1. The summed E-state index contributed by atoms with van der Waals surface area (Å²) in [4.78, 5) is 27.4. The van der Waals surface area contributed by atoms with Gasteiger partial charge in [-0.05, 0) is 43.4 Å². The lowest BCUT2D eigenvalue weighted by atomic mass is 9.93. The van der Waals surface area contributed by atoms with Gasteiger partial charge in [-0.15, -0.1) is 0 Å². The van der Waals surface area contributed by atoms with E-state index in [9.17, 15) is 32.0 Å². The maximum absolute atomic E-state index is 13.8. The van der Waals surface area contributed by atoms with Crippen molar-refractivity contribution in [1.82, 2.24) is 15.2 Å². The summed E-state index contributed by atoms with van der Waals surface area (Å²) in [7, 11) is -2.25. The highest BCUT2D eigenvalue weighted by molar-refractivity contribution is 7.92. The van der Waals surface area contributed by atoms with E-state index < -0.39 is 63.2 Å². The highest BCUT2D eigenvalue weighted by Crippen LogP contribution is 2.43. The summed E-state index contributed by atoms with van der Waals surface area (Å²) in [5.74, 6) is -6.48. The smallest absolute Gasteiger partial charge is 0.267 e. The number of nitrogens with zero attached hydrogens (tertiary/aromatic N) is 4. The minimum absolute atomic E-state index is 0.0295. The molecule has 0 aromatic heterocycles. The third-order valence-electron chi connectivity index (χ3n) is 8.02. The first kappa shape index (κ1) is 26.8. The van der Waals surface area contributed by atoms with Crippen molar-refractivity contribution < 1.29 is 26.8 Å². The monoisotopic (exact) mass is 567 g/mol. The number of hydrogen-bond acceptors (Lipinski definition) is 7. The molecule has 4 aliphatic rings. The summed E-state index contributed by atoms with van der Waals surface area (Å²) in [5.41, 5.74) is -0.209. The minimum atomic E-state index is -4.07. The number of sulfone groups is 1. The highest BCUT2D eigenvalue weighted by atomic mass is 35.5. The number of halogens is 3. The maximum Gasteiger partial charge on any atom is 0.267 e. The van der Waals surface area contributed by atoms with Gasteiger partial charge in [-0.1, -0.05) is 17.7 Å². The van der Waals surface area contributed by atoms with Crippen LogP contribution in [0.2, 0.25) is 5.02 Å². The van der Waals surface area contributed by atoms with E-state index in [1.807, 2.05) is 13.1 Å². The molecule has 2 saturated carbocycles. The zero-order valence-electron chi connectivity index (χ0n) is 20.7. The predicted octanol–water partition coefficient (Wildman–Crippen LogP) is 2.56. The Morgan fingerprint density at radius 2 is 1.92 bits per heavy atom. The third kappa shape index (κ3) is 4.98. The molecule has 2 aliphatic heterocycles. The highest BCUT2D eigenvalue weighted by Gasteiger charge is 2.53. The lowest BCUT2D eigenvalue weighted by molar-refractivity contribution is -0.141. The second kappa shape index (κ2) is 9.45. The molecule has 5 rings (SSSR count). The van der Waals surface area contributed by atoms with Crippen LogP contribution in [-0.4, -0.2) is 79.7 Å². The van der Waals surface area contributed by atoms with Crippen LogP contribution >= 0.6 is 11.6 Å². The van der Waals surface area contributed by atoms with Gasteiger partial charge in [0, 0.05) is 38.7 Å². The third-order valence-corrected chi connectivity index (χ3v) is 10.7. The van der Waals surface area contributed by atoms with Gasteiger partial charge in [0.2, 0.25) is 11.8 Å². The quantitative estimate of drug-likeness (QED) is 0.564. The molecule has 2 amide bonds. The average Bonchev–Trinajstić information content (AvgIpc) is 3.17. The minimum Gasteiger partial charge on any atom is -0.338 e. The molecule has 4 atom stereocenters. The Balaban J connectivity index is 1.40. The number of nitriles is 1. The van der Waals surface area contributed by atoms with Gasteiger partial charge < -0.3 is 10.2 Å². The van der Waals surface area contributed by atoms with Crippen molar-refractivity contribution in [3.05, 3.63) is 28.8 Å². The number of carbonyl (C=O) groups excluding carboxylic acids is 2. The first-order valence-electron chi connectivity index (χ1n) is 12.5. The Morgan fingerprint density at radius 1 is 1.21 bits per heavy atom. The lowest BCUT2D eigenvalue weighted by Gasteiger charge is -2.24. The number of amides is 2. The zero-order chi connectivity index (χ0) is 27.5. The van der Waals surface area contributed by atoms with Crippen molar-refractivity contribution in [3.63, 3.8) is 0 Å². The SMILES string of the molecule is CN1CC(c2ccc(S(=O)(=O)[C@@H]3C[C@@H](C(=O)NC4(C#N)CC4)[C@H](C(=O)N4CCC(F)(F)C4)C3)c(Cl)c2)C=N1. The number of hydrazone groups is 1. The zero-order valence-corrected chi connectivity index (χ0v) is 22.3. The number of nitrogens with one attached hydrogen (secondary N) is 1. The first-order valence-corrected chi connectivity index (χ1v) is 14.5. The normalized spacial score (nSPS) is 29.3. The van der Waals surface area contributed by atoms with Crippen LogP contribution in [0.5, 0.6) is 0 Å². The molecule has 1 saturated heterocycles. The summed E-state index contributed by atoms with van der Waals surface area (Å²) >= 11 is 6.44. The second-order valence-corrected chi connectivity index (χ2v) is 13.4. The van der Waals surface area contributed by atoms with Crippen molar-refractivity contribution in [1.29, 1.82) is 5.26 Å². The Hall–Kier alpha value is -2.78. The van der Waals surface area contributed by atoms with Gasteiger partial charge in [-0.25, -0.2) is 17.2 Å². The molecule has 1 N–H and O–H groups in total. The fraction of sp³-hybridized carbons (Fsp3) is 0.600. The van der Waals surface area contributed by atoms with Crippen molar-refractivity contribution in [3.8, 4) is 6.07 Å². The van der Waals surface area contributed by atoms with E-state index in [0.29, 0.717) is 19.4 Å². The van der Waals surface area contributed by atoms with Crippen LogP contribution < -0.4 is 5.32 Å². The van der Waals surface area contributed by atoms with Gasteiger partial charge in [-0.2, -0.15) is 10.4 Å². The maximum atomic E-state index is 13.8. The molecular formula is C25H28ClF2N5O4S. The number of carbonyl (C=O) groups is 2. The van der Waals surface area contributed by atoms with Crippen LogP contribution in [-0.2, 0) is 19.4 Å². The molecule has 2 heterocycles. The predicted molar refractivity (Wildman–Crippen MR) is 134 cm³/mol. The van der Waals surface area contributed by atoms with Crippen LogP contribution in [0.25, 0.3) is 0 Å². The van der Waals surface area contributed by atoms with Gasteiger partial charge >= 0.3 is 0 Å². The number of likely N-dealkylation sites (tertiary alicyclic amines) is 1. The van der Waals surface area contributed by atoms with Gasteiger partial charge in [0.1, 0.15) is 5.54 Å². The largest absolute Gasteiger partial charge is 0.338 e. The molecule has 3 fully saturated rings. The van der Waals surface area contributed by atoms with Crippen LogP contribution in [0.1, 0.15) is 43.6 Å². The molecule has 0 radical (unpaired) electrons. The van der Waals surface area contributed by atoms with Crippen LogP contribution in [0.3, 0.4) is 0 Å². The lowest BCUT2D eigenvalue weighted by Crippen LogP contribution is -2.45. The standard InChI is InChI=1S/C25H28ClF2N5O4S/c1-32-12-16(11-30-32)15-2-3-21(20(26)8-15)38(36,37)17-9-18(22(34)31-24(13-29)4-5-24)19(10-17)23(35)33-7-6-25(27,28)14-33/h2-3,8,11,16-19H,4-7,9-10,12,14H2,1H3,(H,31,34)/t16?,17-,18-,19-/m1/s1. The second-order valence-electron chi connectivity index (χ2n) is 10.8. The van der Waals surface area contributed by atoms with E-state index in [-0.39, 0.29) is 35.2 Å². The molecule has 1 aromatic rings. The topological polar surface area (TPSA) is 123 Å². The molecule has 1 aromatic carbocycles. The molecular weight excluding hydrogens is 540 g/mol. The van der Waals surface area contributed by atoms with Crippen molar-refractivity contribution >= 4 is 39.5 Å². The fourth-order valence-electron chi connectivity index (χ4n) is 5.61. The van der Waals surface area contributed by atoms with E-state index in [0.717, 1.165) is 10.5 Å². The Kier molecular flexibility index (Phi) is 6.67. The number of benzene rings is 1. The number of alkyl halides is 2. The van der Waals surface area contributed by atoms with Gasteiger partial charge in [0.15, 0.2) is 9.84 Å². The Bertz CT molecular complexity index is 1340. The van der Waals surface area contributed by atoms with Crippen LogP contribution in [0, 0.1) is 23.2 Å². The van der Waals surface area contributed by atoms with E-state index in [1.165, 1.54) is 6.07 Å². The Labute approximate surface area is 224 Å².